The van der Waals surface area contributed by atoms with Crippen molar-refractivity contribution in [3.8, 4) is 0 Å². The zero-order valence-corrected chi connectivity index (χ0v) is 13.4. The van der Waals surface area contributed by atoms with E-state index in [0.29, 0.717) is 6.04 Å². The Hall–Kier alpha value is -1.14. The molecule has 0 spiro atoms. The lowest BCUT2D eigenvalue weighted by atomic mass is 9.87. The first kappa shape index (κ1) is 15.3. The van der Waals surface area contributed by atoms with Crippen molar-refractivity contribution in [1.29, 1.82) is 0 Å². The predicted octanol–water partition coefficient (Wildman–Crippen LogP) is 2.32. The molecular weight excluding hydrogens is 274 g/mol. The highest BCUT2D eigenvalue weighted by atomic mass is 32.2. The van der Waals surface area contributed by atoms with Crippen molar-refractivity contribution in [3.63, 3.8) is 0 Å². The molecule has 1 aromatic heterocycles. The maximum atomic E-state index is 12.0. The van der Waals surface area contributed by atoms with Gasteiger partial charge in [0.1, 0.15) is 10.7 Å². The van der Waals surface area contributed by atoms with Gasteiger partial charge < -0.3 is 5.32 Å². The number of nitrogens with zero attached hydrogens (tertiary/aromatic N) is 2. The average Bonchev–Trinajstić information content (AvgIpc) is 2.69. The number of hydrogen-bond acceptors (Lipinski definition) is 4. The Labute approximate surface area is 121 Å². The highest BCUT2D eigenvalue weighted by Crippen LogP contribution is 2.38. The van der Waals surface area contributed by atoms with Gasteiger partial charge in [0.05, 0.1) is 0 Å². The molecule has 1 N–H and O–H groups in total. The molecule has 5 nitrogen and oxygen atoms in total. The third-order valence-electron chi connectivity index (χ3n) is 4.09. The molecular formula is C14H23N3O2S. The fraction of sp³-hybridized carbons (Fsp3) is 0.643. The van der Waals surface area contributed by atoms with Crippen molar-refractivity contribution in [2.75, 3.05) is 19.4 Å². The molecule has 0 bridgehead atoms. The van der Waals surface area contributed by atoms with Gasteiger partial charge in [0.25, 0.3) is 0 Å². The summed E-state index contributed by atoms with van der Waals surface area (Å²) < 4.78 is 25.1. The minimum Gasteiger partial charge on any atom is -0.367 e. The van der Waals surface area contributed by atoms with Gasteiger partial charge >= 0.3 is 0 Å². The van der Waals surface area contributed by atoms with E-state index in [2.05, 4.69) is 24.1 Å². The normalized spacial score (nSPS) is 22.1. The summed E-state index contributed by atoms with van der Waals surface area (Å²) in [5.74, 6) is 0.739. The van der Waals surface area contributed by atoms with E-state index >= 15 is 0 Å². The summed E-state index contributed by atoms with van der Waals surface area (Å²) in [6, 6.07) is 3.74. The first-order valence-corrected chi connectivity index (χ1v) is 8.32. The number of pyridine rings is 1. The minimum absolute atomic E-state index is 0.221. The van der Waals surface area contributed by atoms with Crippen molar-refractivity contribution in [2.24, 2.45) is 5.41 Å². The molecule has 112 valence electrons. The Kier molecular flexibility index (Phi) is 4.07. The summed E-state index contributed by atoms with van der Waals surface area (Å²) in [4.78, 5) is 4.46. The molecule has 1 aromatic rings. The van der Waals surface area contributed by atoms with Crippen LogP contribution in [-0.4, -0.2) is 37.8 Å². The van der Waals surface area contributed by atoms with Crippen molar-refractivity contribution in [1.82, 2.24) is 9.29 Å². The van der Waals surface area contributed by atoms with E-state index in [4.69, 9.17) is 0 Å². The van der Waals surface area contributed by atoms with E-state index in [1.165, 1.54) is 37.4 Å². The van der Waals surface area contributed by atoms with E-state index in [0.717, 1.165) is 12.2 Å². The van der Waals surface area contributed by atoms with Crippen LogP contribution in [0.3, 0.4) is 0 Å². The zero-order chi connectivity index (χ0) is 15.0. The lowest BCUT2D eigenvalue weighted by Gasteiger charge is -2.28. The molecule has 0 radical (unpaired) electrons. The standard InChI is InChI=1S/C14H23N3O2S/c1-14(2)9-5-6-12(14)16-13-8-7-11(10-15-13)20(18,19)17(3)4/h7-8,10,12H,5-6,9H2,1-4H3,(H,15,16). The fourth-order valence-electron chi connectivity index (χ4n) is 2.60. The zero-order valence-electron chi connectivity index (χ0n) is 12.5. The number of hydrogen-bond donors (Lipinski definition) is 1. The molecule has 1 unspecified atom stereocenters. The van der Waals surface area contributed by atoms with Gasteiger partial charge in [0, 0.05) is 26.3 Å². The van der Waals surface area contributed by atoms with Crippen LogP contribution in [0.15, 0.2) is 23.2 Å². The van der Waals surface area contributed by atoms with Gasteiger partial charge in [0.15, 0.2) is 0 Å². The molecule has 20 heavy (non-hydrogen) atoms. The summed E-state index contributed by atoms with van der Waals surface area (Å²) in [5, 5.41) is 3.42. The number of nitrogens with one attached hydrogen (secondary N) is 1. The van der Waals surface area contributed by atoms with E-state index < -0.39 is 10.0 Å². The Bertz CT molecular complexity index is 565. The monoisotopic (exact) mass is 297 g/mol. The maximum Gasteiger partial charge on any atom is 0.244 e. The molecule has 1 aliphatic rings. The molecule has 0 amide bonds. The smallest absolute Gasteiger partial charge is 0.244 e. The van der Waals surface area contributed by atoms with Crippen molar-refractivity contribution in [2.45, 2.75) is 44.0 Å². The van der Waals surface area contributed by atoms with Gasteiger partial charge in [-0.05, 0) is 30.4 Å². The molecule has 2 rings (SSSR count). The van der Waals surface area contributed by atoms with E-state index in [1.54, 1.807) is 12.1 Å². The molecule has 1 atom stereocenters. The summed E-state index contributed by atoms with van der Waals surface area (Å²) in [7, 11) is -0.368. The van der Waals surface area contributed by atoms with Gasteiger partial charge in [-0.2, -0.15) is 0 Å². The second-order valence-electron chi connectivity index (χ2n) is 6.24. The van der Waals surface area contributed by atoms with Crippen LogP contribution in [-0.2, 0) is 10.0 Å². The SMILES string of the molecule is CN(C)S(=O)(=O)c1ccc(NC2CCCC2(C)C)nc1. The Morgan fingerprint density at radius 1 is 1.35 bits per heavy atom. The van der Waals surface area contributed by atoms with E-state index in [-0.39, 0.29) is 10.3 Å². The van der Waals surface area contributed by atoms with E-state index in [1.807, 2.05) is 0 Å². The van der Waals surface area contributed by atoms with Crippen LogP contribution in [0.1, 0.15) is 33.1 Å². The summed E-state index contributed by atoms with van der Waals surface area (Å²) in [6.07, 6.45) is 4.97. The molecule has 0 aliphatic heterocycles. The number of rotatable bonds is 4. The fourth-order valence-corrected chi connectivity index (χ4v) is 3.45. The van der Waals surface area contributed by atoms with Gasteiger partial charge in [-0.15, -0.1) is 0 Å². The van der Waals surface area contributed by atoms with Crippen LogP contribution in [0.2, 0.25) is 0 Å². The lowest BCUT2D eigenvalue weighted by molar-refractivity contribution is 0.349. The first-order chi connectivity index (χ1) is 9.23. The summed E-state index contributed by atoms with van der Waals surface area (Å²) in [6.45, 7) is 4.51. The molecule has 1 aliphatic carbocycles. The summed E-state index contributed by atoms with van der Waals surface area (Å²) >= 11 is 0. The summed E-state index contributed by atoms with van der Waals surface area (Å²) in [5.41, 5.74) is 0.260. The third-order valence-corrected chi connectivity index (χ3v) is 5.89. The van der Waals surface area contributed by atoms with E-state index in [9.17, 15) is 8.42 Å². The third kappa shape index (κ3) is 2.96. The molecule has 1 saturated carbocycles. The van der Waals surface area contributed by atoms with Gasteiger partial charge in [0.2, 0.25) is 10.0 Å². The van der Waals surface area contributed by atoms with Gasteiger partial charge in [-0.3, -0.25) is 0 Å². The van der Waals surface area contributed by atoms with Crippen molar-refractivity contribution in [3.05, 3.63) is 18.3 Å². The predicted molar refractivity (Wildman–Crippen MR) is 80.2 cm³/mol. The second-order valence-corrected chi connectivity index (χ2v) is 8.40. The van der Waals surface area contributed by atoms with Crippen molar-refractivity contribution < 1.29 is 8.42 Å². The molecule has 1 heterocycles. The highest BCUT2D eigenvalue weighted by Gasteiger charge is 2.34. The largest absolute Gasteiger partial charge is 0.367 e. The van der Waals surface area contributed by atoms with Crippen LogP contribution in [0.4, 0.5) is 5.82 Å². The van der Waals surface area contributed by atoms with Crippen LogP contribution in [0, 0.1) is 5.41 Å². The topological polar surface area (TPSA) is 62.3 Å². The molecule has 1 fully saturated rings. The Morgan fingerprint density at radius 2 is 2.05 bits per heavy atom. The minimum atomic E-state index is -3.40. The molecule has 0 saturated heterocycles. The first-order valence-electron chi connectivity index (χ1n) is 6.88. The van der Waals surface area contributed by atoms with Crippen molar-refractivity contribution >= 4 is 15.8 Å². The number of anilines is 1. The van der Waals surface area contributed by atoms with Gasteiger partial charge in [-0.1, -0.05) is 20.3 Å². The van der Waals surface area contributed by atoms with Crippen LogP contribution < -0.4 is 5.32 Å². The Balaban J connectivity index is 2.14. The second kappa shape index (κ2) is 5.33. The number of sulfonamides is 1. The quantitative estimate of drug-likeness (QED) is 0.926. The van der Waals surface area contributed by atoms with Crippen LogP contribution >= 0.6 is 0 Å². The van der Waals surface area contributed by atoms with Gasteiger partial charge in [-0.25, -0.2) is 17.7 Å². The highest BCUT2D eigenvalue weighted by molar-refractivity contribution is 7.89. The number of aromatic nitrogens is 1. The van der Waals surface area contributed by atoms with Crippen LogP contribution in [0.25, 0.3) is 0 Å². The Morgan fingerprint density at radius 3 is 2.50 bits per heavy atom. The average molecular weight is 297 g/mol. The maximum absolute atomic E-state index is 12.0. The lowest BCUT2D eigenvalue weighted by Crippen LogP contribution is -2.31. The van der Waals surface area contributed by atoms with Crippen LogP contribution in [0.5, 0.6) is 0 Å². The molecule has 6 heteroatoms. The molecule has 0 aromatic carbocycles.